The molecule has 118 valence electrons. The van der Waals surface area contributed by atoms with Gasteiger partial charge in [0.2, 0.25) is 0 Å². The van der Waals surface area contributed by atoms with Crippen LogP contribution in [-0.2, 0) is 19.1 Å². The molecule has 0 spiro atoms. The smallest absolute Gasteiger partial charge is 0.357 e. The molecule has 1 aliphatic heterocycles. The zero-order chi connectivity index (χ0) is 16.6. The first-order valence-corrected chi connectivity index (χ1v) is 6.77. The summed E-state index contributed by atoms with van der Waals surface area (Å²) in [6.45, 7) is 3.30. The van der Waals surface area contributed by atoms with Crippen LogP contribution in [0.3, 0.4) is 0 Å². The number of carbonyl (C=O) groups is 2. The van der Waals surface area contributed by atoms with Gasteiger partial charge in [0.15, 0.2) is 5.70 Å². The van der Waals surface area contributed by atoms with Crippen LogP contribution >= 0.6 is 0 Å². The van der Waals surface area contributed by atoms with Gasteiger partial charge in [-0.15, -0.1) is 5.10 Å². The number of carbonyl (C=O) groups excluding carboxylic acids is 1. The van der Waals surface area contributed by atoms with Gasteiger partial charge in [0.1, 0.15) is 11.8 Å². The molecular weight excluding hydrogens is 302 g/mol. The summed E-state index contributed by atoms with van der Waals surface area (Å²) >= 11 is 0. The van der Waals surface area contributed by atoms with Gasteiger partial charge in [-0.05, 0) is 26.0 Å². The lowest BCUT2D eigenvalue weighted by atomic mass is 10.2. The quantitative estimate of drug-likeness (QED) is 0.518. The molecule has 0 bridgehead atoms. The van der Waals surface area contributed by atoms with Crippen LogP contribution in [0.25, 0.3) is 16.7 Å². The van der Waals surface area contributed by atoms with Gasteiger partial charge in [-0.3, -0.25) is 0 Å². The fourth-order valence-corrected chi connectivity index (χ4v) is 2.11. The highest BCUT2D eigenvalue weighted by atomic mass is 16.7. The van der Waals surface area contributed by atoms with E-state index >= 15 is 0 Å². The molecule has 2 heterocycles. The molecule has 8 nitrogen and oxygen atoms in total. The van der Waals surface area contributed by atoms with E-state index in [1.54, 1.807) is 38.1 Å². The first-order chi connectivity index (χ1) is 11.0. The zero-order valence-electron chi connectivity index (χ0n) is 12.4. The van der Waals surface area contributed by atoms with Crippen molar-refractivity contribution in [2.24, 2.45) is 0 Å². The number of carboxylic acids is 1. The molecule has 1 aliphatic rings. The van der Waals surface area contributed by atoms with E-state index in [0.717, 1.165) is 10.9 Å². The SMILES string of the molecule is CC1=C(C)C(O/C=C(/C(=O)O)n2nnc3ccccc32)OC1=O. The van der Waals surface area contributed by atoms with E-state index in [1.807, 2.05) is 0 Å². The molecule has 1 N–H and O–H groups in total. The van der Waals surface area contributed by atoms with Gasteiger partial charge in [0.25, 0.3) is 6.29 Å². The molecule has 0 aliphatic carbocycles. The Bertz CT molecular complexity index is 865. The lowest BCUT2D eigenvalue weighted by Crippen LogP contribution is -2.15. The fourth-order valence-electron chi connectivity index (χ4n) is 2.11. The predicted molar refractivity (Wildman–Crippen MR) is 78.8 cm³/mol. The molecular formula is C15H13N3O5. The maximum atomic E-state index is 11.5. The van der Waals surface area contributed by atoms with Crippen LogP contribution in [-0.4, -0.2) is 38.3 Å². The Kier molecular flexibility index (Phi) is 3.57. The maximum absolute atomic E-state index is 11.5. The summed E-state index contributed by atoms with van der Waals surface area (Å²) < 4.78 is 11.5. The summed E-state index contributed by atoms with van der Waals surface area (Å²) in [4.78, 5) is 23.0. The lowest BCUT2D eigenvalue weighted by Gasteiger charge is -2.12. The first kappa shape index (κ1) is 14.8. The van der Waals surface area contributed by atoms with Crippen LogP contribution in [0.4, 0.5) is 0 Å². The van der Waals surface area contributed by atoms with Gasteiger partial charge in [0.05, 0.1) is 5.52 Å². The highest BCUT2D eigenvalue weighted by Crippen LogP contribution is 2.24. The molecule has 0 saturated carbocycles. The van der Waals surface area contributed by atoms with E-state index in [4.69, 9.17) is 9.47 Å². The van der Waals surface area contributed by atoms with Gasteiger partial charge in [-0.2, -0.15) is 0 Å². The van der Waals surface area contributed by atoms with Crippen molar-refractivity contribution in [1.29, 1.82) is 0 Å². The highest BCUT2D eigenvalue weighted by molar-refractivity contribution is 6.09. The second-order valence-electron chi connectivity index (χ2n) is 4.98. The topological polar surface area (TPSA) is 104 Å². The number of carboxylic acid groups (broad SMARTS) is 1. The number of aliphatic carboxylic acids is 1. The number of benzene rings is 1. The Labute approximate surface area is 130 Å². The average Bonchev–Trinajstić information content (AvgIpc) is 3.05. The van der Waals surface area contributed by atoms with Gasteiger partial charge < -0.3 is 14.6 Å². The Morgan fingerprint density at radius 3 is 2.78 bits per heavy atom. The van der Waals surface area contributed by atoms with E-state index in [1.165, 1.54) is 0 Å². The summed E-state index contributed by atoms with van der Waals surface area (Å²) in [7, 11) is 0. The Hall–Kier alpha value is -3.16. The minimum Gasteiger partial charge on any atom is -0.476 e. The number of para-hydroxylation sites is 1. The van der Waals surface area contributed by atoms with E-state index in [-0.39, 0.29) is 5.70 Å². The third kappa shape index (κ3) is 2.54. The third-order valence-corrected chi connectivity index (χ3v) is 3.57. The third-order valence-electron chi connectivity index (χ3n) is 3.57. The van der Waals surface area contributed by atoms with Crippen molar-refractivity contribution in [3.63, 3.8) is 0 Å². The molecule has 1 atom stereocenters. The number of esters is 1. The van der Waals surface area contributed by atoms with Crippen molar-refractivity contribution in [1.82, 2.24) is 15.0 Å². The second kappa shape index (κ2) is 5.56. The Balaban J connectivity index is 1.94. The molecule has 0 fully saturated rings. The Morgan fingerprint density at radius 1 is 1.39 bits per heavy atom. The standard InChI is InChI=1S/C15H13N3O5/c1-8-9(2)15(23-14(8)21)22-7-12(13(19)20)18-11-6-4-3-5-10(11)16-17-18/h3-7,15H,1-2H3,(H,19,20)/b12-7-. The van der Waals surface area contributed by atoms with Crippen LogP contribution in [0.15, 0.2) is 41.7 Å². The summed E-state index contributed by atoms with van der Waals surface area (Å²) in [6.07, 6.45) is 0.0652. The van der Waals surface area contributed by atoms with Crippen molar-refractivity contribution >= 4 is 28.7 Å². The van der Waals surface area contributed by atoms with Crippen molar-refractivity contribution in [2.75, 3.05) is 0 Å². The summed E-state index contributed by atoms with van der Waals surface area (Å²) in [5, 5.41) is 17.1. The molecule has 1 aromatic heterocycles. The molecule has 0 radical (unpaired) electrons. The molecule has 23 heavy (non-hydrogen) atoms. The number of fused-ring (bicyclic) bond motifs is 1. The van der Waals surface area contributed by atoms with E-state index in [0.29, 0.717) is 22.2 Å². The normalized spacial score (nSPS) is 18.4. The molecule has 2 aromatic rings. The number of ether oxygens (including phenoxy) is 2. The van der Waals surface area contributed by atoms with Crippen LogP contribution in [0.1, 0.15) is 13.8 Å². The number of hydrogen-bond acceptors (Lipinski definition) is 6. The van der Waals surface area contributed by atoms with Crippen LogP contribution < -0.4 is 0 Å². The highest BCUT2D eigenvalue weighted by Gasteiger charge is 2.29. The van der Waals surface area contributed by atoms with Crippen molar-refractivity contribution in [3.8, 4) is 0 Å². The summed E-state index contributed by atoms with van der Waals surface area (Å²) in [5.74, 6) is -1.73. The fraction of sp³-hybridized carbons (Fsp3) is 0.200. The number of rotatable bonds is 4. The average molecular weight is 315 g/mol. The molecule has 3 rings (SSSR count). The zero-order valence-corrected chi connectivity index (χ0v) is 12.4. The predicted octanol–water partition coefficient (Wildman–Crippen LogP) is 1.55. The monoisotopic (exact) mass is 315 g/mol. The number of nitrogens with zero attached hydrogens (tertiary/aromatic N) is 3. The molecule has 1 unspecified atom stereocenters. The van der Waals surface area contributed by atoms with Crippen LogP contribution in [0.2, 0.25) is 0 Å². The largest absolute Gasteiger partial charge is 0.476 e. The minimum absolute atomic E-state index is 0.243. The Morgan fingerprint density at radius 2 is 2.13 bits per heavy atom. The van der Waals surface area contributed by atoms with E-state index in [2.05, 4.69) is 10.3 Å². The maximum Gasteiger partial charge on any atom is 0.357 e. The first-order valence-electron chi connectivity index (χ1n) is 6.77. The van der Waals surface area contributed by atoms with Gasteiger partial charge in [-0.1, -0.05) is 17.3 Å². The van der Waals surface area contributed by atoms with Crippen LogP contribution in [0, 0.1) is 0 Å². The van der Waals surface area contributed by atoms with E-state index < -0.39 is 18.2 Å². The summed E-state index contributed by atoms with van der Waals surface area (Å²) in [5.41, 5.74) is 1.88. The summed E-state index contributed by atoms with van der Waals surface area (Å²) in [6, 6.07) is 6.93. The number of cyclic esters (lactones) is 1. The van der Waals surface area contributed by atoms with Crippen molar-refractivity contribution in [2.45, 2.75) is 20.1 Å². The van der Waals surface area contributed by atoms with Gasteiger partial charge in [-0.25, -0.2) is 14.3 Å². The lowest BCUT2D eigenvalue weighted by molar-refractivity contribution is -0.152. The minimum atomic E-state index is -1.25. The number of hydrogen-bond donors (Lipinski definition) is 1. The van der Waals surface area contributed by atoms with Gasteiger partial charge >= 0.3 is 11.9 Å². The molecule has 8 heteroatoms. The van der Waals surface area contributed by atoms with E-state index in [9.17, 15) is 14.7 Å². The van der Waals surface area contributed by atoms with Gasteiger partial charge in [0, 0.05) is 11.1 Å². The molecule has 0 amide bonds. The second-order valence-corrected chi connectivity index (χ2v) is 4.98. The molecule has 1 aromatic carbocycles. The van der Waals surface area contributed by atoms with Crippen LogP contribution in [0.5, 0.6) is 0 Å². The van der Waals surface area contributed by atoms with Crippen molar-refractivity contribution < 1.29 is 24.2 Å². The molecule has 0 saturated heterocycles. The van der Waals surface area contributed by atoms with Crippen molar-refractivity contribution in [3.05, 3.63) is 41.7 Å². The number of aromatic nitrogens is 3.